The van der Waals surface area contributed by atoms with Gasteiger partial charge in [-0.2, -0.15) is 0 Å². The third-order valence-electron chi connectivity index (χ3n) is 5.04. The average Bonchev–Trinajstić information content (AvgIpc) is 3.36. The van der Waals surface area contributed by atoms with Crippen molar-refractivity contribution in [2.75, 3.05) is 26.2 Å². The van der Waals surface area contributed by atoms with E-state index in [0.29, 0.717) is 59.1 Å². The lowest BCUT2D eigenvalue weighted by Gasteiger charge is -2.34. The van der Waals surface area contributed by atoms with E-state index in [1.165, 1.54) is 28.5 Å². The monoisotopic (exact) mass is 400 g/mol. The first kappa shape index (κ1) is 18.4. The minimum absolute atomic E-state index is 0.117. The lowest BCUT2D eigenvalue weighted by molar-refractivity contribution is 0.0520. The predicted molar refractivity (Wildman–Crippen MR) is 105 cm³/mol. The first-order valence-electron chi connectivity index (χ1n) is 9.11. The van der Waals surface area contributed by atoms with Gasteiger partial charge in [-0.15, -0.1) is 11.3 Å². The molecule has 1 fully saturated rings. The SMILES string of the molecule is CCn1cnc2sc(C(=O)N3CCN(C(=O)c4ccco4)CC3)c(C)c2c1=O. The number of fused-ring (bicyclic) bond motifs is 1. The van der Waals surface area contributed by atoms with Crippen molar-refractivity contribution in [1.82, 2.24) is 19.4 Å². The number of carbonyl (C=O) groups is 2. The summed E-state index contributed by atoms with van der Waals surface area (Å²) in [6.07, 6.45) is 2.99. The van der Waals surface area contributed by atoms with Gasteiger partial charge in [0.05, 0.1) is 22.9 Å². The van der Waals surface area contributed by atoms with Gasteiger partial charge in [-0.25, -0.2) is 4.98 Å². The smallest absolute Gasteiger partial charge is 0.289 e. The Kier molecular flexibility index (Phi) is 4.76. The lowest BCUT2D eigenvalue weighted by atomic mass is 10.2. The summed E-state index contributed by atoms with van der Waals surface area (Å²) in [5.41, 5.74) is 0.563. The Bertz CT molecular complexity index is 1090. The number of nitrogens with zero attached hydrogens (tertiary/aromatic N) is 4. The van der Waals surface area contributed by atoms with E-state index in [9.17, 15) is 14.4 Å². The molecule has 1 saturated heterocycles. The van der Waals surface area contributed by atoms with Crippen LogP contribution in [0.3, 0.4) is 0 Å². The maximum absolute atomic E-state index is 13.0. The van der Waals surface area contributed by atoms with Gasteiger partial charge in [0.25, 0.3) is 17.4 Å². The number of amides is 2. The van der Waals surface area contributed by atoms with Gasteiger partial charge in [0.2, 0.25) is 0 Å². The van der Waals surface area contributed by atoms with E-state index >= 15 is 0 Å². The van der Waals surface area contributed by atoms with Crippen molar-refractivity contribution < 1.29 is 14.0 Å². The van der Waals surface area contributed by atoms with Crippen molar-refractivity contribution in [3.63, 3.8) is 0 Å². The number of carbonyl (C=O) groups excluding carboxylic acids is 2. The molecule has 146 valence electrons. The standard InChI is InChI=1S/C19H20N4O4S/c1-3-21-11-20-16-14(18(21)25)12(2)15(28-16)19(26)23-8-6-22(7-9-23)17(24)13-5-4-10-27-13/h4-5,10-11H,3,6-9H2,1-2H3. The number of furan rings is 1. The molecule has 4 heterocycles. The summed E-state index contributed by atoms with van der Waals surface area (Å²) in [5, 5.41) is 0.518. The van der Waals surface area contributed by atoms with Crippen LogP contribution in [0.5, 0.6) is 0 Å². The molecule has 0 unspecified atom stereocenters. The molecule has 0 saturated carbocycles. The van der Waals surface area contributed by atoms with Crippen molar-refractivity contribution >= 4 is 33.4 Å². The number of aromatic nitrogens is 2. The molecule has 8 nitrogen and oxygen atoms in total. The number of hydrogen-bond donors (Lipinski definition) is 0. The van der Waals surface area contributed by atoms with E-state index in [1.54, 1.807) is 28.9 Å². The second-order valence-corrected chi connectivity index (χ2v) is 7.63. The Morgan fingerprint density at radius 2 is 1.86 bits per heavy atom. The summed E-state index contributed by atoms with van der Waals surface area (Å²) >= 11 is 1.25. The molecule has 0 spiro atoms. The fourth-order valence-electron chi connectivity index (χ4n) is 3.40. The minimum Gasteiger partial charge on any atom is -0.459 e. The highest BCUT2D eigenvalue weighted by Crippen LogP contribution is 2.28. The van der Waals surface area contributed by atoms with Gasteiger partial charge in [-0.1, -0.05) is 0 Å². The Morgan fingerprint density at radius 3 is 2.46 bits per heavy atom. The lowest BCUT2D eigenvalue weighted by Crippen LogP contribution is -2.50. The molecule has 4 rings (SSSR count). The highest BCUT2D eigenvalue weighted by molar-refractivity contribution is 7.20. The Labute approximate surface area is 165 Å². The van der Waals surface area contributed by atoms with Crippen LogP contribution in [0.1, 0.15) is 32.7 Å². The largest absolute Gasteiger partial charge is 0.459 e. The fourth-order valence-corrected chi connectivity index (χ4v) is 4.51. The highest BCUT2D eigenvalue weighted by atomic mass is 32.1. The molecular weight excluding hydrogens is 380 g/mol. The molecule has 28 heavy (non-hydrogen) atoms. The molecule has 0 aromatic carbocycles. The van der Waals surface area contributed by atoms with Crippen molar-refractivity contribution in [2.24, 2.45) is 0 Å². The van der Waals surface area contributed by atoms with Crippen molar-refractivity contribution in [2.45, 2.75) is 20.4 Å². The fraction of sp³-hybridized carbons (Fsp3) is 0.368. The zero-order valence-electron chi connectivity index (χ0n) is 15.7. The molecular formula is C19H20N4O4S. The Hall–Kier alpha value is -2.94. The van der Waals surface area contributed by atoms with Gasteiger partial charge in [-0.05, 0) is 31.5 Å². The molecule has 0 atom stereocenters. The summed E-state index contributed by atoms with van der Waals surface area (Å²) in [4.78, 5) is 46.8. The molecule has 1 aliphatic rings. The summed E-state index contributed by atoms with van der Waals surface area (Å²) in [7, 11) is 0. The van der Waals surface area contributed by atoms with Crippen molar-refractivity contribution in [3.05, 3.63) is 51.3 Å². The number of hydrogen-bond acceptors (Lipinski definition) is 6. The van der Waals surface area contributed by atoms with Crippen LogP contribution in [0, 0.1) is 6.92 Å². The van der Waals surface area contributed by atoms with Crippen LogP contribution < -0.4 is 5.56 Å². The first-order chi connectivity index (χ1) is 13.5. The number of aryl methyl sites for hydroxylation is 2. The van der Waals surface area contributed by atoms with Gasteiger partial charge in [-0.3, -0.25) is 19.0 Å². The van der Waals surface area contributed by atoms with Crippen LogP contribution in [-0.2, 0) is 6.54 Å². The van der Waals surface area contributed by atoms with Crippen LogP contribution in [0.15, 0.2) is 33.9 Å². The summed E-state index contributed by atoms with van der Waals surface area (Å²) < 4.78 is 6.70. The molecule has 0 bridgehead atoms. The van der Waals surface area contributed by atoms with E-state index in [4.69, 9.17) is 4.42 Å². The van der Waals surface area contributed by atoms with Crippen LogP contribution in [0.2, 0.25) is 0 Å². The third kappa shape index (κ3) is 3.01. The van der Waals surface area contributed by atoms with Crippen molar-refractivity contribution in [3.8, 4) is 0 Å². The molecule has 0 aliphatic carbocycles. The molecule has 3 aromatic rings. The zero-order valence-corrected chi connectivity index (χ0v) is 16.5. The van der Waals surface area contributed by atoms with E-state index in [1.807, 2.05) is 6.92 Å². The van der Waals surface area contributed by atoms with Gasteiger partial charge in [0.1, 0.15) is 4.83 Å². The van der Waals surface area contributed by atoms with E-state index < -0.39 is 0 Å². The molecule has 9 heteroatoms. The third-order valence-corrected chi connectivity index (χ3v) is 6.23. The van der Waals surface area contributed by atoms with Crippen LogP contribution in [0.25, 0.3) is 10.2 Å². The van der Waals surface area contributed by atoms with Crippen molar-refractivity contribution in [1.29, 1.82) is 0 Å². The first-order valence-corrected chi connectivity index (χ1v) is 9.93. The molecule has 1 aliphatic heterocycles. The second-order valence-electron chi connectivity index (χ2n) is 6.63. The highest BCUT2D eigenvalue weighted by Gasteiger charge is 2.29. The van der Waals surface area contributed by atoms with E-state index in [-0.39, 0.29) is 17.4 Å². The van der Waals surface area contributed by atoms with Gasteiger partial charge in [0, 0.05) is 32.7 Å². The quantitative estimate of drug-likeness (QED) is 0.671. The number of thiophene rings is 1. The normalized spacial score (nSPS) is 14.6. The maximum Gasteiger partial charge on any atom is 0.289 e. The van der Waals surface area contributed by atoms with Gasteiger partial charge < -0.3 is 14.2 Å². The molecule has 3 aromatic heterocycles. The van der Waals surface area contributed by atoms with Gasteiger partial charge in [0.15, 0.2) is 5.76 Å². The summed E-state index contributed by atoms with van der Waals surface area (Å²) in [5.74, 6) is 0.0194. The molecule has 2 amide bonds. The second kappa shape index (κ2) is 7.23. The number of piperazine rings is 1. The Morgan fingerprint density at radius 1 is 1.18 bits per heavy atom. The average molecular weight is 400 g/mol. The zero-order chi connectivity index (χ0) is 19.8. The predicted octanol–water partition coefficient (Wildman–Crippen LogP) is 1.98. The minimum atomic E-state index is -0.167. The molecule has 0 radical (unpaired) electrons. The maximum atomic E-state index is 13.0. The van der Waals surface area contributed by atoms with Crippen LogP contribution in [0.4, 0.5) is 0 Å². The van der Waals surface area contributed by atoms with Crippen LogP contribution >= 0.6 is 11.3 Å². The van der Waals surface area contributed by atoms with Crippen LogP contribution in [-0.4, -0.2) is 57.3 Å². The summed E-state index contributed by atoms with van der Waals surface area (Å²) in [6, 6.07) is 3.31. The van der Waals surface area contributed by atoms with E-state index in [2.05, 4.69) is 4.98 Å². The number of rotatable bonds is 3. The molecule has 0 N–H and O–H groups in total. The van der Waals surface area contributed by atoms with Gasteiger partial charge >= 0.3 is 0 Å². The Balaban J connectivity index is 1.53. The summed E-state index contributed by atoms with van der Waals surface area (Å²) in [6.45, 7) is 5.97. The van der Waals surface area contributed by atoms with E-state index in [0.717, 1.165) is 0 Å². The topological polar surface area (TPSA) is 88.7 Å².